The molecule has 16 heavy (non-hydrogen) atoms. The molecule has 0 bridgehead atoms. The molecule has 92 valence electrons. The van der Waals surface area contributed by atoms with E-state index in [9.17, 15) is 0 Å². The molecule has 1 aliphatic rings. The minimum absolute atomic E-state index is 0.893. The Morgan fingerprint density at radius 1 is 1.00 bits per heavy atom. The predicted octanol–water partition coefficient (Wildman–Crippen LogP) is 5.51. The lowest BCUT2D eigenvalue weighted by molar-refractivity contribution is 0.297. The van der Waals surface area contributed by atoms with Crippen LogP contribution in [0.4, 0.5) is 0 Å². The molecule has 1 saturated carbocycles. The zero-order valence-electron chi connectivity index (χ0n) is 11.1. The standard InChI is InChI=1S/C16H28/c1-3-5-7-9-15-11-13-16(14-12-15)10-8-6-4-2/h3,5,8,10,15-16H,4,6-7,9,11-14H2,1-2H3/b5-3+,10-8+. The molecule has 0 heteroatoms. The summed E-state index contributed by atoms with van der Waals surface area (Å²) in [5.41, 5.74) is 0. The van der Waals surface area contributed by atoms with Crippen molar-refractivity contribution in [3.63, 3.8) is 0 Å². The second kappa shape index (κ2) is 8.61. The largest absolute Gasteiger partial charge is 0.0917 e. The second-order valence-corrected chi connectivity index (χ2v) is 5.14. The fourth-order valence-electron chi connectivity index (χ4n) is 2.62. The van der Waals surface area contributed by atoms with E-state index < -0.39 is 0 Å². The molecule has 0 heterocycles. The first kappa shape index (κ1) is 13.5. The first-order chi connectivity index (χ1) is 7.86. The third-order valence-corrected chi connectivity index (χ3v) is 3.73. The molecule has 0 atom stereocenters. The third kappa shape index (κ3) is 5.53. The van der Waals surface area contributed by atoms with Gasteiger partial charge in [0, 0.05) is 0 Å². The van der Waals surface area contributed by atoms with Crippen molar-refractivity contribution in [2.45, 2.75) is 65.2 Å². The molecule has 0 nitrogen and oxygen atoms in total. The maximum Gasteiger partial charge on any atom is -0.0233 e. The van der Waals surface area contributed by atoms with Gasteiger partial charge in [-0.05, 0) is 63.7 Å². The van der Waals surface area contributed by atoms with E-state index in [0.29, 0.717) is 0 Å². The quantitative estimate of drug-likeness (QED) is 0.518. The van der Waals surface area contributed by atoms with Crippen LogP contribution in [0.1, 0.15) is 65.2 Å². The molecule has 0 aromatic heterocycles. The van der Waals surface area contributed by atoms with Gasteiger partial charge in [-0.2, -0.15) is 0 Å². The summed E-state index contributed by atoms with van der Waals surface area (Å²) in [5.74, 6) is 1.90. The predicted molar refractivity (Wildman–Crippen MR) is 73.5 cm³/mol. The average molecular weight is 220 g/mol. The lowest BCUT2D eigenvalue weighted by atomic mass is 9.80. The first-order valence-corrected chi connectivity index (χ1v) is 7.14. The van der Waals surface area contributed by atoms with Crippen molar-refractivity contribution in [3.8, 4) is 0 Å². The van der Waals surface area contributed by atoms with Crippen LogP contribution in [0.25, 0.3) is 0 Å². The third-order valence-electron chi connectivity index (χ3n) is 3.73. The fourth-order valence-corrected chi connectivity index (χ4v) is 2.62. The van der Waals surface area contributed by atoms with Crippen LogP contribution < -0.4 is 0 Å². The highest BCUT2D eigenvalue weighted by Gasteiger charge is 2.18. The molecule has 0 amide bonds. The van der Waals surface area contributed by atoms with E-state index in [1.54, 1.807) is 0 Å². The van der Waals surface area contributed by atoms with Gasteiger partial charge in [-0.1, -0.05) is 37.6 Å². The van der Waals surface area contributed by atoms with Gasteiger partial charge >= 0.3 is 0 Å². The smallest absolute Gasteiger partial charge is 0.0233 e. The highest BCUT2D eigenvalue weighted by Crippen LogP contribution is 2.32. The molecule has 0 aromatic rings. The Hall–Kier alpha value is -0.520. The SMILES string of the molecule is C/C=C/CCC1CCC(/C=C/CCC)CC1. The Kier molecular flexibility index (Phi) is 7.29. The number of hydrogen-bond donors (Lipinski definition) is 0. The molecule has 1 aliphatic carbocycles. The van der Waals surface area contributed by atoms with E-state index in [4.69, 9.17) is 0 Å². The fraction of sp³-hybridized carbons (Fsp3) is 0.750. The molecule has 0 spiro atoms. The number of rotatable bonds is 6. The van der Waals surface area contributed by atoms with Gasteiger partial charge in [0.15, 0.2) is 0 Å². The van der Waals surface area contributed by atoms with Crippen LogP contribution in [0, 0.1) is 11.8 Å². The molecule has 0 aliphatic heterocycles. The maximum atomic E-state index is 2.48. The van der Waals surface area contributed by atoms with E-state index >= 15 is 0 Å². The minimum Gasteiger partial charge on any atom is -0.0917 e. The normalized spacial score (nSPS) is 26.9. The zero-order chi connectivity index (χ0) is 11.6. The van der Waals surface area contributed by atoms with E-state index in [0.717, 1.165) is 11.8 Å². The monoisotopic (exact) mass is 220 g/mol. The summed E-state index contributed by atoms with van der Waals surface area (Å²) >= 11 is 0. The van der Waals surface area contributed by atoms with Crippen LogP contribution in [-0.4, -0.2) is 0 Å². The van der Waals surface area contributed by atoms with Crippen LogP contribution >= 0.6 is 0 Å². The highest BCUT2D eigenvalue weighted by molar-refractivity contribution is 4.91. The Morgan fingerprint density at radius 2 is 1.75 bits per heavy atom. The minimum atomic E-state index is 0.893. The van der Waals surface area contributed by atoms with Crippen LogP contribution in [0.15, 0.2) is 24.3 Å². The summed E-state index contributed by atoms with van der Waals surface area (Å²) < 4.78 is 0. The van der Waals surface area contributed by atoms with Crippen molar-refractivity contribution < 1.29 is 0 Å². The highest BCUT2D eigenvalue weighted by atomic mass is 14.2. The lowest BCUT2D eigenvalue weighted by Crippen LogP contribution is -2.12. The van der Waals surface area contributed by atoms with E-state index in [1.807, 2.05) is 0 Å². The molecule has 0 radical (unpaired) electrons. The summed E-state index contributed by atoms with van der Waals surface area (Å²) in [7, 11) is 0. The number of allylic oxidation sites excluding steroid dienone is 4. The number of unbranched alkanes of at least 4 members (excludes halogenated alkanes) is 1. The average Bonchev–Trinajstić information content (AvgIpc) is 2.32. The molecular formula is C16H28. The summed E-state index contributed by atoms with van der Waals surface area (Å²) in [4.78, 5) is 0. The van der Waals surface area contributed by atoms with Gasteiger partial charge in [0.05, 0.1) is 0 Å². The Balaban J connectivity index is 2.13. The first-order valence-electron chi connectivity index (χ1n) is 7.14. The molecular weight excluding hydrogens is 192 g/mol. The van der Waals surface area contributed by atoms with Crippen LogP contribution in [-0.2, 0) is 0 Å². The van der Waals surface area contributed by atoms with Crippen molar-refractivity contribution in [2.24, 2.45) is 11.8 Å². The second-order valence-electron chi connectivity index (χ2n) is 5.14. The van der Waals surface area contributed by atoms with Gasteiger partial charge in [-0.3, -0.25) is 0 Å². The van der Waals surface area contributed by atoms with Crippen LogP contribution in [0.3, 0.4) is 0 Å². The van der Waals surface area contributed by atoms with Gasteiger partial charge < -0.3 is 0 Å². The Labute approximate surface area is 102 Å². The van der Waals surface area contributed by atoms with Gasteiger partial charge in [-0.25, -0.2) is 0 Å². The maximum absolute atomic E-state index is 2.48. The van der Waals surface area contributed by atoms with Gasteiger partial charge in [0.25, 0.3) is 0 Å². The zero-order valence-corrected chi connectivity index (χ0v) is 11.1. The lowest BCUT2D eigenvalue weighted by Gasteiger charge is -2.26. The summed E-state index contributed by atoms with van der Waals surface area (Å²) in [5, 5.41) is 0. The summed E-state index contributed by atoms with van der Waals surface area (Å²) in [6.07, 6.45) is 20.4. The van der Waals surface area contributed by atoms with Crippen molar-refractivity contribution in [1.82, 2.24) is 0 Å². The van der Waals surface area contributed by atoms with Gasteiger partial charge in [-0.15, -0.1) is 0 Å². The van der Waals surface area contributed by atoms with E-state index in [2.05, 4.69) is 38.2 Å². The topological polar surface area (TPSA) is 0 Å². The summed E-state index contributed by atoms with van der Waals surface area (Å²) in [6, 6.07) is 0. The van der Waals surface area contributed by atoms with Crippen LogP contribution in [0.2, 0.25) is 0 Å². The van der Waals surface area contributed by atoms with Crippen molar-refractivity contribution in [3.05, 3.63) is 24.3 Å². The molecule has 0 saturated heterocycles. The molecule has 0 N–H and O–H groups in total. The summed E-state index contributed by atoms with van der Waals surface area (Å²) in [6.45, 7) is 4.37. The number of hydrogen-bond acceptors (Lipinski definition) is 0. The Bertz CT molecular complexity index is 204. The molecule has 0 unspecified atom stereocenters. The van der Waals surface area contributed by atoms with Gasteiger partial charge in [0.1, 0.15) is 0 Å². The van der Waals surface area contributed by atoms with Crippen molar-refractivity contribution in [1.29, 1.82) is 0 Å². The van der Waals surface area contributed by atoms with E-state index in [1.165, 1.54) is 51.4 Å². The Morgan fingerprint density at radius 3 is 2.38 bits per heavy atom. The van der Waals surface area contributed by atoms with Crippen molar-refractivity contribution >= 4 is 0 Å². The van der Waals surface area contributed by atoms with Gasteiger partial charge in [0.2, 0.25) is 0 Å². The van der Waals surface area contributed by atoms with Crippen LogP contribution in [0.5, 0.6) is 0 Å². The molecule has 1 rings (SSSR count). The molecule has 0 aromatic carbocycles. The molecule has 1 fully saturated rings. The van der Waals surface area contributed by atoms with E-state index in [-0.39, 0.29) is 0 Å². The van der Waals surface area contributed by atoms with Crippen molar-refractivity contribution in [2.75, 3.05) is 0 Å².